The molecule has 0 aromatic heterocycles. The number of anilines is 1. The minimum Gasteiger partial charge on any atom is -0.368 e. The summed E-state index contributed by atoms with van der Waals surface area (Å²) in [6.07, 6.45) is -3.63. The van der Waals surface area contributed by atoms with Crippen LogP contribution >= 0.6 is 11.6 Å². The molecule has 2 aromatic carbocycles. The number of aryl methyl sites for hydroxylation is 1. The third-order valence-corrected chi connectivity index (χ3v) is 6.11. The quantitative estimate of drug-likeness (QED) is 0.685. The molecule has 1 aliphatic heterocycles. The number of nitrogens with zero attached hydrogens (tertiary/aromatic N) is 2. The van der Waals surface area contributed by atoms with Crippen LogP contribution in [0.25, 0.3) is 0 Å². The van der Waals surface area contributed by atoms with Crippen LogP contribution < -0.4 is 4.90 Å². The summed E-state index contributed by atoms with van der Waals surface area (Å²) in [6.45, 7) is 4.80. The van der Waals surface area contributed by atoms with Gasteiger partial charge in [0.25, 0.3) is 0 Å². The third kappa shape index (κ3) is 4.22. The summed E-state index contributed by atoms with van der Waals surface area (Å²) < 4.78 is 38.1. The minimum absolute atomic E-state index is 0.0259. The summed E-state index contributed by atoms with van der Waals surface area (Å²) in [4.78, 5) is 17.0. The van der Waals surface area contributed by atoms with Crippen molar-refractivity contribution in [1.29, 1.82) is 0 Å². The highest BCUT2D eigenvalue weighted by atomic mass is 35.5. The number of piperazine rings is 1. The number of benzene rings is 2. The van der Waals surface area contributed by atoms with E-state index in [1.54, 1.807) is 0 Å². The Kier molecular flexibility index (Phi) is 5.23. The molecule has 1 aliphatic carbocycles. The monoisotopic (exact) mass is 422 g/mol. The first kappa shape index (κ1) is 20.1. The van der Waals surface area contributed by atoms with E-state index in [0.29, 0.717) is 24.5 Å². The average Bonchev–Trinajstić information content (AvgIpc) is 3.50. The fourth-order valence-corrected chi connectivity index (χ4v) is 4.25. The van der Waals surface area contributed by atoms with Crippen molar-refractivity contribution in [2.75, 3.05) is 31.1 Å². The van der Waals surface area contributed by atoms with E-state index in [1.165, 1.54) is 12.1 Å². The molecule has 29 heavy (non-hydrogen) atoms. The Morgan fingerprint density at radius 2 is 1.69 bits per heavy atom. The van der Waals surface area contributed by atoms with Crippen LogP contribution in [0.4, 0.5) is 18.9 Å². The summed E-state index contributed by atoms with van der Waals surface area (Å²) in [7, 11) is 0. The first-order chi connectivity index (χ1) is 13.7. The number of carbonyl (C=O) groups excluding carboxylic acids is 1. The zero-order chi connectivity index (χ0) is 20.8. The van der Waals surface area contributed by atoms with Crippen molar-refractivity contribution in [1.82, 2.24) is 4.90 Å². The van der Waals surface area contributed by atoms with Crippen molar-refractivity contribution in [2.24, 2.45) is 5.92 Å². The van der Waals surface area contributed by atoms with Gasteiger partial charge in [-0.3, -0.25) is 4.79 Å². The van der Waals surface area contributed by atoms with Crippen molar-refractivity contribution in [3.05, 3.63) is 64.2 Å². The zero-order valence-electron chi connectivity index (χ0n) is 16.0. The van der Waals surface area contributed by atoms with Crippen LogP contribution in [0, 0.1) is 12.8 Å². The summed E-state index contributed by atoms with van der Waals surface area (Å²) in [5, 5.41) is 0.696. The molecule has 2 fully saturated rings. The van der Waals surface area contributed by atoms with Gasteiger partial charge in [-0.05, 0) is 54.7 Å². The maximum absolute atomic E-state index is 12.8. The zero-order valence-corrected chi connectivity index (χ0v) is 16.8. The van der Waals surface area contributed by atoms with Crippen molar-refractivity contribution >= 4 is 23.2 Å². The Balaban J connectivity index is 1.34. The number of amides is 1. The Morgan fingerprint density at radius 1 is 1.03 bits per heavy atom. The maximum Gasteiger partial charge on any atom is 0.416 e. The SMILES string of the molecule is Cc1ccc(Cl)cc1N1CCN(C(=O)C2C[C@@H]2c2ccc(C(F)(F)F)cc2)CC1. The lowest BCUT2D eigenvalue weighted by Crippen LogP contribution is -2.49. The average molecular weight is 423 g/mol. The fourth-order valence-electron chi connectivity index (χ4n) is 4.08. The third-order valence-electron chi connectivity index (χ3n) is 5.88. The molecule has 3 nitrogen and oxygen atoms in total. The maximum atomic E-state index is 12.8. The van der Waals surface area contributed by atoms with Crippen LogP contribution in [0.15, 0.2) is 42.5 Å². The molecule has 0 N–H and O–H groups in total. The molecule has 1 saturated carbocycles. The molecular formula is C22H22ClF3N2O. The largest absolute Gasteiger partial charge is 0.416 e. The molecule has 2 aromatic rings. The van der Waals surface area contributed by atoms with Gasteiger partial charge in [-0.25, -0.2) is 0 Å². The molecule has 0 bridgehead atoms. The summed E-state index contributed by atoms with van der Waals surface area (Å²) in [5.41, 5.74) is 2.40. The van der Waals surface area contributed by atoms with Crippen LogP contribution in [0.1, 0.15) is 29.0 Å². The number of rotatable bonds is 3. The number of carbonyl (C=O) groups is 1. The topological polar surface area (TPSA) is 23.6 Å². The number of hydrogen-bond acceptors (Lipinski definition) is 2. The molecule has 2 aliphatic rings. The molecule has 7 heteroatoms. The summed E-state index contributed by atoms with van der Waals surface area (Å²) in [5.74, 6) is 0.0153. The standard InChI is InChI=1S/C22H22ClF3N2O/c1-14-2-7-17(23)12-20(14)27-8-10-28(11-9-27)21(29)19-13-18(19)15-3-5-16(6-4-15)22(24,25)26/h2-7,12,18-19H,8-11,13H2,1H3/t18-,19?/m1/s1. The molecule has 0 radical (unpaired) electrons. The van der Waals surface area contributed by atoms with Gasteiger partial charge in [-0.1, -0.05) is 29.8 Å². The smallest absolute Gasteiger partial charge is 0.368 e. The molecule has 154 valence electrons. The summed E-state index contributed by atoms with van der Waals surface area (Å²) in [6, 6.07) is 11.0. The van der Waals surface area contributed by atoms with E-state index in [9.17, 15) is 18.0 Å². The summed E-state index contributed by atoms with van der Waals surface area (Å²) >= 11 is 6.12. The van der Waals surface area contributed by atoms with E-state index in [1.807, 2.05) is 30.0 Å². The van der Waals surface area contributed by atoms with E-state index >= 15 is 0 Å². The fraction of sp³-hybridized carbons (Fsp3) is 0.409. The highest BCUT2D eigenvalue weighted by Crippen LogP contribution is 2.49. The first-order valence-electron chi connectivity index (χ1n) is 9.71. The molecule has 0 spiro atoms. The second-order valence-electron chi connectivity index (χ2n) is 7.81. The van der Waals surface area contributed by atoms with Gasteiger partial charge in [0, 0.05) is 42.8 Å². The highest BCUT2D eigenvalue weighted by Gasteiger charge is 2.46. The molecule has 2 atom stereocenters. The Bertz CT molecular complexity index is 905. The number of hydrogen-bond donors (Lipinski definition) is 0. The number of alkyl halides is 3. The Labute approximate surface area is 173 Å². The van der Waals surface area contributed by atoms with E-state index in [2.05, 4.69) is 4.90 Å². The van der Waals surface area contributed by atoms with E-state index in [-0.39, 0.29) is 17.7 Å². The molecule has 1 heterocycles. The van der Waals surface area contributed by atoms with E-state index < -0.39 is 11.7 Å². The van der Waals surface area contributed by atoms with Crippen molar-refractivity contribution in [2.45, 2.75) is 25.4 Å². The lowest BCUT2D eigenvalue weighted by molar-refractivity contribution is -0.137. The van der Waals surface area contributed by atoms with Gasteiger partial charge in [0.15, 0.2) is 0 Å². The molecule has 1 amide bonds. The predicted octanol–water partition coefficient (Wildman–Crippen LogP) is 5.12. The lowest BCUT2D eigenvalue weighted by Gasteiger charge is -2.37. The van der Waals surface area contributed by atoms with Crippen molar-refractivity contribution < 1.29 is 18.0 Å². The predicted molar refractivity (Wildman–Crippen MR) is 107 cm³/mol. The molecule has 4 rings (SSSR count). The van der Waals surface area contributed by atoms with Gasteiger partial charge >= 0.3 is 6.18 Å². The van der Waals surface area contributed by atoms with E-state index in [0.717, 1.165) is 42.0 Å². The Morgan fingerprint density at radius 3 is 2.31 bits per heavy atom. The van der Waals surface area contributed by atoms with Crippen LogP contribution in [-0.4, -0.2) is 37.0 Å². The van der Waals surface area contributed by atoms with E-state index in [4.69, 9.17) is 11.6 Å². The molecule has 1 unspecified atom stereocenters. The van der Waals surface area contributed by atoms with Gasteiger partial charge < -0.3 is 9.80 Å². The van der Waals surface area contributed by atoms with Gasteiger partial charge in [0.05, 0.1) is 5.56 Å². The van der Waals surface area contributed by atoms with Crippen LogP contribution in [0.3, 0.4) is 0 Å². The second kappa shape index (κ2) is 7.56. The van der Waals surface area contributed by atoms with Crippen molar-refractivity contribution in [3.63, 3.8) is 0 Å². The Hall–Kier alpha value is -2.21. The normalized spacial score (nSPS) is 22.0. The lowest BCUT2D eigenvalue weighted by atomic mass is 10.1. The van der Waals surface area contributed by atoms with Gasteiger partial charge in [0.1, 0.15) is 0 Å². The van der Waals surface area contributed by atoms with Gasteiger partial charge in [-0.15, -0.1) is 0 Å². The van der Waals surface area contributed by atoms with Crippen molar-refractivity contribution in [3.8, 4) is 0 Å². The minimum atomic E-state index is -4.34. The van der Waals surface area contributed by atoms with Gasteiger partial charge in [-0.2, -0.15) is 13.2 Å². The molecular weight excluding hydrogens is 401 g/mol. The molecule has 1 saturated heterocycles. The highest BCUT2D eigenvalue weighted by molar-refractivity contribution is 6.30. The second-order valence-corrected chi connectivity index (χ2v) is 8.25. The first-order valence-corrected chi connectivity index (χ1v) is 10.1. The van der Waals surface area contributed by atoms with Crippen LogP contribution in [0.5, 0.6) is 0 Å². The van der Waals surface area contributed by atoms with Crippen LogP contribution in [0.2, 0.25) is 5.02 Å². The van der Waals surface area contributed by atoms with Gasteiger partial charge in [0.2, 0.25) is 5.91 Å². The number of halogens is 4. The van der Waals surface area contributed by atoms with Crippen LogP contribution in [-0.2, 0) is 11.0 Å².